The molecule has 64 valence electrons. The molecule has 0 radical (unpaired) electrons. The van der Waals surface area contributed by atoms with Gasteiger partial charge in [0.1, 0.15) is 0 Å². The van der Waals surface area contributed by atoms with Gasteiger partial charge in [0.05, 0.1) is 0 Å². The van der Waals surface area contributed by atoms with Gasteiger partial charge in [-0.3, -0.25) is 0 Å². The van der Waals surface area contributed by atoms with Crippen molar-refractivity contribution in [3.05, 3.63) is 0 Å². The fourth-order valence-corrected chi connectivity index (χ4v) is 1.50. The summed E-state index contributed by atoms with van der Waals surface area (Å²) in [6.45, 7) is 4.35. The van der Waals surface area contributed by atoms with E-state index in [2.05, 4.69) is 26.4 Å². The zero-order valence-electron chi connectivity index (χ0n) is 7.05. The number of rotatable bonds is 4. The molecule has 0 atom stereocenters. The van der Waals surface area contributed by atoms with Crippen molar-refractivity contribution in [2.75, 3.05) is 24.0 Å². The lowest BCUT2D eigenvalue weighted by atomic mass is 11.0. The van der Waals surface area contributed by atoms with E-state index in [1.54, 1.807) is 21.6 Å². The van der Waals surface area contributed by atoms with Gasteiger partial charge in [0.15, 0.2) is 0 Å². The molecule has 0 aromatic rings. The maximum absolute atomic E-state index is 2.17. The fraction of sp³-hybridized carbons (Fsp3) is 1.00. The average Bonchev–Trinajstić information content (AvgIpc) is 2.01. The highest BCUT2D eigenvalue weighted by molar-refractivity contribution is 8.76. The van der Waals surface area contributed by atoms with Crippen molar-refractivity contribution in [3.8, 4) is 0 Å². The van der Waals surface area contributed by atoms with Crippen molar-refractivity contribution in [1.29, 1.82) is 0 Å². The molecule has 0 saturated heterocycles. The van der Waals surface area contributed by atoms with E-state index in [1.165, 1.54) is 11.5 Å². The lowest BCUT2D eigenvalue weighted by Gasteiger charge is -1.86. The Morgan fingerprint density at radius 1 is 0.800 bits per heavy atom. The van der Waals surface area contributed by atoms with Crippen LogP contribution in [0.15, 0.2) is 0 Å². The first-order valence-electron chi connectivity index (χ1n) is 3.14. The Hall–Kier alpha value is 1.40. The van der Waals surface area contributed by atoms with E-state index < -0.39 is 0 Å². The predicted molar refractivity (Wildman–Crippen MR) is 63.3 cm³/mol. The maximum Gasteiger partial charge on any atom is 0.000844 e. The molecule has 0 amide bonds. The molecule has 0 bridgehead atoms. The molecule has 0 aromatic heterocycles. The van der Waals surface area contributed by atoms with Crippen LogP contribution in [0.1, 0.15) is 13.8 Å². The van der Waals surface area contributed by atoms with Crippen LogP contribution in [0.2, 0.25) is 0 Å². The van der Waals surface area contributed by atoms with Crippen LogP contribution in [0.4, 0.5) is 0 Å². The molecule has 0 fully saturated rings. The summed E-state index contributed by atoms with van der Waals surface area (Å²) in [6.07, 6.45) is 4.12. The normalized spacial score (nSPS) is 8.40. The molecule has 0 N–H and O–H groups in total. The Morgan fingerprint density at radius 2 is 1.10 bits per heavy atom. The maximum atomic E-state index is 2.17. The van der Waals surface area contributed by atoms with Gasteiger partial charge in [-0.15, -0.1) is 0 Å². The summed E-state index contributed by atoms with van der Waals surface area (Å²) in [7, 11) is 7.40. The van der Waals surface area contributed by atoms with Crippen LogP contribution in [-0.4, -0.2) is 24.0 Å². The summed E-state index contributed by atoms with van der Waals surface area (Å²) in [5, 5.41) is 0. The van der Waals surface area contributed by atoms with E-state index in [4.69, 9.17) is 0 Å². The van der Waals surface area contributed by atoms with Gasteiger partial charge in [-0.05, 0) is 12.5 Å². The largest absolute Gasteiger partial charge is 0.0979 e. The summed E-state index contributed by atoms with van der Waals surface area (Å²) in [6, 6.07) is 0. The van der Waals surface area contributed by atoms with Crippen molar-refractivity contribution in [2.45, 2.75) is 13.8 Å². The standard InChI is InChI=1S/C4H10S2.C2H6S2/c1-3-5-6-4-2;1-3-4-2/h3-4H2,1-2H3;1-2H3. The molecule has 0 heterocycles. The first-order valence-corrected chi connectivity index (χ1v) is 8.60. The van der Waals surface area contributed by atoms with E-state index in [9.17, 15) is 0 Å². The second-order valence-corrected chi connectivity index (χ2v) is 6.85. The Kier molecular flexibility index (Phi) is 23.4. The van der Waals surface area contributed by atoms with Crippen LogP contribution in [0.3, 0.4) is 0 Å². The zero-order valence-corrected chi connectivity index (χ0v) is 10.3. The van der Waals surface area contributed by atoms with Crippen LogP contribution in [0.25, 0.3) is 0 Å². The smallest absolute Gasteiger partial charge is 0.000844 e. The van der Waals surface area contributed by atoms with E-state index in [1.807, 2.05) is 21.6 Å². The van der Waals surface area contributed by atoms with Gasteiger partial charge < -0.3 is 0 Å². The van der Waals surface area contributed by atoms with Crippen molar-refractivity contribution >= 4 is 43.2 Å². The van der Waals surface area contributed by atoms with Crippen LogP contribution in [0, 0.1) is 0 Å². The molecule has 10 heavy (non-hydrogen) atoms. The average molecular weight is 216 g/mol. The second kappa shape index (κ2) is 16.8. The third-order valence-corrected chi connectivity index (χ3v) is 4.37. The van der Waals surface area contributed by atoms with Crippen LogP contribution in [0.5, 0.6) is 0 Å². The molecule has 0 unspecified atom stereocenters. The second-order valence-electron chi connectivity index (χ2n) is 1.15. The van der Waals surface area contributed by atoms with Gasteiger partial charge in [0.2, 0.25) is 0 Å². The third kappa shape index (κ3) is 22.7. The number of hydrogen-bond donors (Lipinski definition) is 0. The summed E-state index contributed by atoms with van der Waals surface area (Å²) < 4.78 is 0. The minimum atomic E-state index is 1.23. The first kappa shape index (κ1) is 14.0. The van der Waals surface area contributed by atoms with Gasteiger partial charge in [-0.1, -0.05) is 57.0 Å². The molecule has 0 aliphatic carbocycles. The van der Waals surface area contributed by atoms with Gasteiger partial charge in [-0.2, -0.15) is 0 Å². The highest BCUT2D eigenvalue weighted by atomic mass is 33.1. The molecule has 4 heteroatoms. The van der Waals surface area contributed by atoms with Crippen LogP contribution >= 0.6 is 43.2 Å². The summed E-state index contributed by atoms with van der Waals surface area (Å²) in [5.74, 6) is 2.47. The molecule has 0 aromatic carbocycles. The lowest BCUT2D eigenvalue weighted by molar-refractivity contribution is 1.53. The molecular weight excluding hydrogens is 200 g/mol. The van der Waals surface area contributed by atoms with E-state index in [0.29, 0.717) is 0 Å². The predicted octanol–water partition coefficient (Wildman–Crippen LogP) is 4.04. The monoisotopic (exact) mass is 216 g/mol. The molecular formula is C6H16S4. The van der Waals surface area contributed by atoms with Crippen molar-refractivity contribution in [2.24, 2.45) is 0 Å². The molecule has 0 spiro atoms. The van der Waals surface area contributed by atoms with E-state index in [0.717, 1.165) is 0 Å². The van der Waals surface area contributed by atoms with Crippen molar-refractivity contribution in [1.82, 2.24) is 0 Å². The van der Waals surface area contributed by atoms with Crippen molar-refractivity contribution in [3.63, 3.8) is 0 Å². The minimum absolute atomic E-state index is 1.23. The zero-order chi connectivity index (χ0) is 8.24. The molecule has 0 saturated carbocycles. The van der Waals surface area contributed by atoms with Gasteiger partial charge in [0.25, 0.3) is 0 Å². The SMILES string of the molecule is CCSSCC.CSSC. The molecule has 0 aliphatic rings. The van der Waals surface area contributed by atoms with E-state index in [-0.39, 0.29) is 0 Å². The number of hydrogen-bond acceptors (Lipinski definition) is 4. The van der Waals surface area contributed by atoms with Gasteiger partial charge in [-0.25, -0.2) is 0 Å². The molecule has 0 aliphatic heterocycles. The summed E-state index contributed by atoms with van der Waals surface area (Å²) >= 11 is 0. The van der Waals surface area contributed by atoms with Gasteiger partial charge in [0, 0.05) is 11.5 Å². The van der Waals surface area contributed by atoms with Crippen molar-refractivity contribution < 1.29 is 0 Å². The van der Waals surface area contributed by atoms with Crippen LogP contribution in [-0.2, 0) is 0 Å². The molecule has 0 nitrogen and oxygen atoms in total. The Labute approximate surface area is 80.9 Å². The highest BCUT2D eigenvalue weighted by Crippen LogP contribution is 2.18. The Bertz CT molecular complexity index is 34.7. The fourth-order valence-electron chi connectivity index (χ4n) is 0.167. The Balaban J connectivity index is 0. The molecule has 0 rings (SSSR count). The highest BCUT2D eigenvalue weighted by Gasteiger charge is 1.75. The van der Waals surface area contributed by atoms with Crippen LogP contribution < -0.4 is 0 Å². The van der Waals surface area contributed by atoms with E-state index >= 15 is 0 Å². The lowest BCUT2D eigenvalue weighted by Crippen LogP contribution is -1.59. The summed E-state index contributed by atoms with van der Waals surface area (Å²) in [4.78, 5) is 0. The summed E-state index contributed by atoms with van der Waals surface area (Å²) in [5.41, 5.74) is 0. The first-order chi connectivity index (χ1) is 4.83. The Morgan fingerprint density at radius 3 is 1.20 bits per heavy atom. The quantitative estimate of drug-likeness (QED) is 0.514. The van der Waals surface area contributed by atoms with Gasteiger partial charge >= 0.3 is 0 Å². The minimum Gasteiger partial charge on any atom is -0.0979 e. The topological polar surface area (TPSA) is 0 Å². The third-order valence-electron chi connectivity index (χ3n) is 0.486.